The highest BCUT2D eigenvalue weighted by atomic mass is 32.1. The molecule has 9 amide bonds. The standard InChI is InChI=1S/C20H33N3O7.C17H27N3O7.C16H25N3O2S/c1-15(2)20(28)22-12-14-29-13-11-21-16(24)7-5-3-4-6-8-19(27)30-23-17(25)9-10-18(23)26;1-12(2)17(25)19-9-11-26-10-8-18-13(21)4-3-5-16(24)27-20-14(22)6-7-15(20)23;1-12(2)15(20)17-8-10-21-11-9-18-16(22)19-14-6-4-13(3)5-7-14/h15H,3-14H2,1-2H3,(H,21,24)(H,22,28);12H,3-11H2,1-2H3,(H,18,21)(H,19,25);4-7,12H,8-11H2,1-3H3,(H,17,20)(H2,18,19,22). The van der Waals surface area contributed by atoms with Gasteiger partial charge in [-0.1, -0.05) is 72.1 Å². The summed E-state index contributed by atoms with van der Waals surface area (Å²) in [6.07, 6.45) is 3.84. The first-order valence-electron chi connectivity index (χ1n) is 27.0. The van der Waals surface area contributed by atoms with Crippen LogP contribution in [-0.2, 0) is 76.6 Å². The maximum atomic E-state index is 11.7. The van der Waals surface area contributed by atoms with Crippen LogP contribution >= 0.6 is 12.2 Å². The molecule has 1 aromatic carbocycles. The van der Waals surface area contributed by atoms with Gasteiger partial charge in [-0.25, -0.2) is 9.59 Å². The van der Waals surface area contributed by atoms with Gasteiger partial charge in [-0.3, -0.25) is 43.2 Å². The Morgan fingerprint density at radius 1 is 0.456 bits per heavy atom. The van der Waals surface area contributed by atoms with Gasteiger partial charge < -0.3 is 61.1 Å². The summed E-state index contributed by atoms with van der Waals surface area (Å²) >= 11 is 5.20. The molecule has 2 aliphatic rings. The molecule has 0 saturated carbocycles. The summed E-state index contributed by atoms with van der Waals surface area (Å²) in [4.78, 5) is 135. The molecule has 2 aliphatic heterocycles. The van der Waals surface area contributed by atoms with Crippen LogP contribution in [0.15, 0.2) is 24.3 Å². The number of thiocarbonyl (C=S) groups is 1. The third-order valence-corrected chi connectivity index (χ3v) is 11.2. The molecule has 0 bridgehead atoms. The molecule has 0 aromatic heterocycles. The summed E-state index contributed by atoms with van der Waals surface area (Å²) < 4.78 is 16.0. The summed E-state index contributed by atoms with van der Waals surface area (Å²) in [5.41, 5.74) is 2.17. The van der Waals surface area contributed by atoms with Gasteiger partial charge in [-0.2, -0.15) is 0 Å². The zero-order valence-electron chi connectivity index (χ0n) is 47.1. The number of anilines is 1. The number of hydroxylamine groups is 4. The number of hydrogen-bond donors (Lipinski definition) is 7. The lowest BCUT2D eigenvalue weighted by Crippen LogP contribution is -2.33. The zero-order valence-corrected chi connectivity index (χ0v) is 47.9. The Kier molecular flexibility index (Phi) is 37.7. The summed E-state index contributed by atoms with van der Waals surface area (Å²) in [5, 5.41) is 21.4. The predicted molar refractivity (Wildman–Crippen MR) is 293 cm³/mol. The number of unbranched alkanes of at least 4 members (excludes halogenated alkanes) is 3. The fourth-order valence-corrected chi connectivity index (χ4v) is 6.54. The van der Waals surface area contributed by atoms with Crippen molar-refractivity contribution in [1.29, 1.82) is 0 Å². The average molecular weight is 1140 g/mol. The Bertz CT molecular complexity index is 2080. The van der Waals surface area contributed by atoms with E-state index in [1.54, 1.807) is 13.8 Å². The van der Waals surface area contributed by atoms with Gasteiger partial charge in [-0.05, 0) is 50.5 Å². The molecule has 3 rings (SSSR count). The van der Waals surface area contributed by atoms with E-state index in [1.807, 2.05) is 58.9 Å². The number of benzene rings is 1. The molecule has 0 spiro atoms. The molecule has 25 nitrogen and oxygen atoms in total. The van der Waals surface area contributed by atoms with E-state index >= 15 is 0 Å². The lowest BCUT2D eigenvalue weighted by molar-refractivity contribution is -0.197. The van der Waals surface area contributed by atoms with E-state index in [4.69, 9.17) is 36.1 Å². The van der Waals surface area contributed by atoms with Crippen molar-refractivity contribution in [2.75, 3.05) is 84.2 Å². The van der Waals surface area contributed by atoms with Crippen LogP contribution in [0.5, 0.6) is 0 Å². The number of aryl methyl sites for hydroxylation is 1. The van der Waals surface area contributed by atoms with Crippen LogP contribution in [0.25, 0.3) is 0 Å². The number of rotatable bonds is 35. The minimum atomic E-state index is -0.724. The molecule has 0 aliphatic carbocycles. The average Bonchev–Trinajstić information content (AvgIpc) is 3.90. The van der Waals surface area contributed by atoms with Gasteiger partial charge in [0, 0.05) is 114 Å². The third kappa shape index (κ3) is 35.5. The Morgan fingerprint density at radius 3 is 1.14 bits per heavy atom. The van der Waals surface area contributed by atoms with E-state index in [9.17, 15) is 52.7 Å². The van der Waals surface area contributed by atoms with Gasteiger partial charge in [0.05, 0.1) is 39.6 Å². The monoisotopic (exact) mass is 1140 g/mol. The first kappa shape index (κ1) is 70.4. The van der Waals surface area contributed by atoms with Gasteiger partial charge in [0.25, 0.3) is 23.6 Å². The van der Waals surface area contributed by atoms with Gasteiger partial charge in [0.2, 0.25) is 29.5 Å². The SMILES string of the molecule is CC(C)C(=O)NCCOCCNC(=O)CCCC(=O)ON1C(=O)CCC1=O.CC(C)C(=O)NCCOCCNC(=O)CCCCCCC(=O)ON1C(=O)CCC1=O.Cc1ccc(NC(=S)NCCOCCNC(=O)C(C)C)cc1. The largest absolute Gasteiger partial charge is 0.378 e. The van der Waals surface area contributed by atoms with Gasteiger partial charge in [0.15, 0.2) is 5.11 Å². The topological polar surface area (TPSA) is 325 Å². The summed E-state index contributed by atoms with van der Waals surface area (Å²) in [7, 11) is 0. The van der Waals surface area contributed by atoms with Gasteiger partial charge in [-0.15, -0.1) is 10.1 Å². The molecule has 2 saturated heterocycles. The Labute approximate surface area is 469 Å². The maximum absolute atomic E-state index is 11.7. The van der Waals surface area contributed by atoms with Crippen molar-refractivity contribution < 1.29 is 76.6 Å². The Balaban J connectivity index is 0.000000599. The molecule has 0 atom stereocenters. The first-order valence-corrected chi connectivity index (χ1v) is 27.4. The van der Waals surface area contributed by atoms with Crippen LogP contribution in [-0.4, -0.2) is 159 Å². The van der Waals surface area contributed by atoms with E-state index in [-0.39, 0.29) is 98.7 Å². The lowest BCUT2D eigenvalue weighted by atomic mass is 10.1. The van der Waals surface area contributed by atoms with Crippen LogP contribution < -0.4 is 37.2 Å². The lowest BCUT2D eigenvalue weighted by Gasteiger charge is -2.12. The minimum Gasteiger partial charge on any atom is -0.378 e. The van der Waals surface area contributed by atoms with Crippen molar-refractivity contribution in [3.63, 3.8) is 0 Å². The Morgan fingerprint density at radius 2 is 0.772 bits per heavy atom. The minimum absolute atomic E-state index is 0.00638. The molecule has 0 unspecified atom stereocenters. The summed E-state index contributed by atoms with van der Waals surface area (Å²) in [6, 6.07) is 8.02. The number of ether oxygens (including phenoxy) is 3. The third-order valence-electron chi connectivity index (χ3n) is 10.9. The second-order valence-electron chi connectivity index (χ2n) is 19.0. The molecular formula is C53H85N9O16S. The van der Waals surface area contributed by atoms with Gasteiger partial charge in [0.1, 0.15) is 0 Å². The molecule has 79 heavy (non-hydrogen) atoms. The number of nitrogens with one attached hydrogen (secondary N) is 7. The molecule has 444 valence electrons. The second-order valence-corrected chi connectivity index (χ2v) is 19.4. The molecule has 26 heteroatoms. The number of imide groups is 2. The fourth-order valence-electron chi connectivity index (χ4n) is 6.32. The van der Waals surface area contributed by atoms with E-state index in [0.717, 1.165) is 18.5 Å². The maximum Gasteiger partial charge on any atom is 0.333 e. The highest BCUT2D eigenvalue weighted by Gasteiger charge is 2.33. The van der Waals surface area contributed by atoms with Crippen molar-refractivity contribution in [2.24, 2.45) is 17.8 Å². The van der Waals surface area contributed by atoms with E-state index in [2.05, 4.69) is 37.2 Å². The van der Waals surface area contributed by atoms with Crippen LogP contribution in [0.2, 0.25) is 0 Å². The number of hydrogen-bond acceptors (Lipinski definition) is 17. The second kappa shape index (κ2) is 42.3. The molecular weight excluding hydrogens is 1050 g/mol. The smallest absolute Gasteiger partial charge is 0.333 e. The summed E-state index contributed by atoms with van der Waals surface area (Å²) in [5.74, 6) is -3.78. The van der Waals surface area contributed by atoms with Gasteiger partial charge >= 0.3 is 11.9 Å². The van der Waals surface area contributed by atoms with Crippen LogP contribution in [0, 0.1) is 24.7 Å². The molecule has 2 heterocycles. The van der Waals surface area contributed by atoms with Crippen LogP contribution in [0.3, 0.4) is 0 Å². The van der Waals surface area contributed by atoms with E-state index < -0.39 is 35.6 Å². The van der Waals surface area contributed by atoms with Crippen molar-refractivity contribution in [3.05, 3.63) is 29.8 Å². The molecule has 1 aromatic rings. The summed E-state index contributed by atoms with van der Waals surface area (Å²) in [6.45, 7) is 18.2. The molecule has 7 N–H and O–H groups in total. The quantitative estimate of drug-likeness (QED) is 0.0292. The van der Waals surface area contributed by atoms with E-state index in [0.29, 0.717) is 113 Å². The van der Waals surface area contributed by atoms with Crippen LogP contribution in [0.4, 0.5) is 5.69 Å². The fraction of sp³-hybridized carbons (Fsp3) is 0.660. The number of amides is 9. The van der Waals surface area contributed by atoms with E-state index in [1.165, 1.54) is 5.56 Å². The number of carbonyl (C=O) groups excluding carboxylic acids is 11. The van der Waals surface area contributed by atoms with Crippen molar-refractivity contribution in [3.8, 4) is 0 Å². The molecule has 2 fully saturated rings. The highest BCUT2D eigenvalue weighted by molar-refractivity contribution is 7.80. The Hall–Kier alpha value is -6.64. The first-order chi connectivity index (χ1) is 37.6. The molecule has 0 radical (unpaired) electrons. The number of carbonyl (C=O) groups is 11. The van der Waals surface area contributed by atoms with Crippen LogP contribution in [0.1, 0.15) is 131 Å². The predicted octanol–water partition coefficient (Wildman–Crippen LogP) is 2.58. The van der Waals surface area contributed by atoms with Crippen molar-refractivity contribution in [2.45, 2.75) is 132 Å². The number of nitrogens with zero attached hydrogens (tertiary/aromatic N) is 2. The highest BCUT2D eigenvalue weighted by Crippen LogP contribution is 2.15. The normalized spacial score (nSPS) is 12.8. The zero-order chi connectivity index (χ0) is 59.0. The van der Waals surface area contributed by atoms with Crippen molar-refractivity contribution >= 4 is 88.1 Å². The van der Waals surface area contributed by atoms with Crippen molar-refractivity contribution in [1.82, 2.24) is 42.0 Å².